The van der Waals surface area contributed by atoms with Gasteiger partial charge in [0.15, 0.2) is 0 Å². The van der Waals surface area contributed by atoms with Crippen molar-refractivity contribution in [1.82, 2.24) is 5.32 Å². The molecule has 1 N–H and O–H groups in total. The lowest BCUT2D eigenvalue weighted by Crippen LogP contribution is -2.34. The predicted molar refractivity (Wildman–Crippen MR) is 96.6 cm³/mol. The molecule has 0 aromatic heterocycles. The standard InChI is InChI=1S/C21H23NO2/c1-24-21(23)13-10-17-8-5-9-18-14-19(11-12-20(17)18)22-15-16-6-3-2-4-7-16/h2-10,13,19,22H,11-12,14-15H2,1H3/b13-10+. The van der Waals surface area contributed by atoms with Crippen LogP contribution in [0, 0.1) is 0 Å². The lowest BCUT2D eigenvalue weighted by molar-refractivity contribution is -0.134. The van der Waals surface area contributed by atoms with Crippen molar-refractivity contribution in [2.75, 3.05) is 7.11 Å². The van der Waals surface area contributed by atoms with Crippen LogP contribution in [0.1, 0.15) is 28.7 Å². The Morgan fingerprint density at radius 2 is 2.04 bits per heavy atom. The molecular weight excluding hydrogens is 298 g/mol. The highest BCUT2D eigenvalue weighted by atomic mass is 16.5. The maximum atomic E-state index is 11.3. The van der Waals surface area contributed by atoms with Gasteiger partial charge in [0.2, 0.25) is 0 Å². The normalized spacial score (nSPS) is 16.8. The first-order chi connectivity index (χ1) is 11.8. The van der Waals surface area contributed by atoms with Crippen molar-refractivity contribution in [3.05, 3.63) is 76.9 Å². The van der Waals surface area contributed by atoms with Crippen LogP contribution in [0.4, 0.5) is 0 Å². The lowest BCUT2D eigenvalue weighted by atomic mass is 9.85. The van der Waals surface area contributed by atoms with E-state index in [9.17, 15) is 4.79 Å². The topological polar surface area (TPSA) is 38.3 Å². The average Bonchev–Trinajstić information content (AvgIpc) is 2.65. The number of carbonyl (C=O) groups excluding carboxylic acids is 1. The van der Waals surface area contributed by atoms with Crippen LogP contribution in [0.3, 0.4) is 0 Å². The molecule has 2 aromatic rings. The number of carbonyl (C=O) groups is 1. The van der Waals surface area contributed by atoms with Crippen molar-refractivity contribution >= 4 is 12.0 Å². The number of methoxy groups -OCH3 is 1. The first kappa shape index (κ1) is 16.5. The van der Waals surface area contributed by atoms with Crippen LogP contribution in [0.25, 0.3) is 6.08 Å². The largest absolute Gasteiger partial charge is 0.466 e. The van der Waals surface area contributed by atoms with E-state index in [1.807, 2.05) is 12.1 Å². The summed E-state index contributed by atoms with van der Waals surface area (Å²) in [5.41, 5.74) is 5.17. The minimum absolute atomic E-state index is 0.314. The van der Waals surface area contributed by atoms with Crippen LogP contribution < -0.4 is 5.32 Å². The van der Waals surface area contributed by atoms with E-state index < -0.39 is 0 Å². The van der Waals surface area contributed by atoms with Crippen LogP contribution >= 0.6 is 0 Å². The third kappa shape index (κ3) is 4.12. The van der Waals surface area contributed by atoms with Gasteiger partial charge in [0.05, 0.1) is 7.11 Å². The summed E-state index contributed by atoms with van der Waals surface area (Å²) in [6, 6.07) is 17.3. The molecule has 0 bridgehead atoms. The Morgan fingerprint density at radius 1 is 1.21 bits per heavy atom. The fourth-order valence-corrected chi connectivity index (χ4v) is 3.25. The monoisotopic (exact) mass is 321 g/mol. The fraction of sp³-hybridized carbons (Fsp3) is 0.286. The molecule has 1 aliphatic carbocycles. The van der Waals surface area contributed by atoms with E-state index in [-0.39, 0.29) is 5.97 Å². The number of hydrogen-bond donors (Lipinski definition) is 1. The third-order valence-electron chi connectivity index (χ3n) is 4.56. The van der Waals surface area contributed by atoms with Gasteiger partial charge in [0.1, 0.15) is 0 Å². The van der Waals surface area contributed by atoms with E-state index in [1.54, 1.807) is 0 Å². The molecule has 0 spiro atoms. The van der Waals surface area contributed by atoms with Crippen molar-refractivity contribution in [3.63, 3.8) is 0 Å². The highest BCUT2D eigenvalue weighted by Crippen LogP contribution is 2.26. The number of benzene rings is 2. The number of esters is 1. The first-order valence-electron chi connectivity index (χ1n) is 8.40. The van der Waals surface area contributed by atoms with E-state index >= 15 is 0 Å². The number of fused-ring (bicyclic) bond motifs is 1. The van der Waals surface area contributed by atoms with Gasteiger partial charge < -0.3 is 10.1 Å². The van der Waals surface area contributed by atoms with Gasteiger partial charge in [-0.3, -0.25) is 0 Å². The van der Waals surface area contributed by atoms with Crippen molar-refractivity contribution in [2.45, 2.75) is 31.8 Å². The molecule has 1 atom stereocenters. The molecule has 0 saturated carbocycles. The summed E-state index contributed by atoms with van der Waals surface area (Å²) in [6.45, 7) is 0.906. The average molecular weight is 321 g/mol. The Kier molecular flexibility index (Phi) is 5.44. The van der Waals surface area contributed by atoms with E-state index in [2.05, 4.69) is 52.5 Å². The second kappa shape index (κ2) is 7.93. The zero-order valence-electron chi connectivity index (χ0n) is 14.0. The van der Waals surface area contributed by atoms with Gasteiger partial charge in [-0.25, -0.2) is 4.79 Å². The maximum Gasteiger partial charge on any atom is 0.330 e. The molecule has 0 amide bonds. The van der Waals surface area contributed by atoms with Crippen LogP contribution in [0.15, 0.2) is 54.6 Å². The SMILES string of the molecule is COC(=O)/C=C/c1cccc2c1CCC(NCc1ccccc1)C2. The van der Waals surface area contributed by atoms with E-state index in [1.165, 1.54) is 29.9 Å². The van der Waals surface area contributed by atoms with Crippen molar-refractivity contribution in [3.8, 4) is 0 Å². The Morgan fingerprint density at radius 3 is 2.83 bits per heavy atom. The smallest absolute Gasteiger partial charge is 0.330 e. The third-order valence-corrected chi connectivity index (χ3v) is 4.56. The zero-order chi connectivity index (χ0) is 16.8. The Bertz CT molecular complexity index is 722. The van der Waals surface area contributed by atoms with E-state index in [0.717, 1.165) is 31.4 Å². The number of nitrogens with one attached hydrogen (secondary N) is 1. The molecule has 3 nitrogen and oxygen atoms in total. The van der Waals surface area contributed by atoms with Gasteiger partial charge in [-0.1, -0.05) is 48.5 Å². The molecule has 124 valence electrons. The molecule has 0 heterocycles. The van der Waals surface area contributed by atoms with Crippen LogP contribution in [-0.4, -0.2) is 19.1 Å². The van der Waals surface area contributed by atoms with Crippen molar-refractivity contribution < 1.29 is 9.53 Å². The van der Waals surface area contributed by atoms with Crippen LogP contribution in [0.2, 0.25) is 0 Å². The molecule has 0 fully saturated rings. The first-order valence-corrected chi connectivity index (χ1v) is 8.40. The minimum Gasteiger partial charge on any atom is -0.466 e. The number of ether oxygens (including phenoxy) is 1. The minimum atomic E-state index is -0.314. The molecular formula is C21H23NO2. The number of hydrogen-bond acceptors (Lipinski definition) is 3. The summed E-state index contributed by atoms with van der Waals surface area (Å²) in [5.74, 6) is -0.314. The maximum absolute atomic E-state index is 11.3. The number of rotatable bonds is 5. The summed E-state index contributed by atoms with van der Waals surface area (Å²) in [7, 11) is 1.40. The Labute approximate surface area is 143 Å². The molecule has 3 rings (SSSR count). The van der Waals surface area contributed by atoms with Gasteiger partial charge in [-0.05, 0) is 47.6 Å². The van der Waals surface area contributed by atoms with Crippen LogP contribution in [0.5, 0.6) is 0 Å². The molecule has 0 radical (unpaired) electrons. The molecule has 0 saturated heterocycles. The Balaban J connectivity index is 1.66. The summed E-state index contributed by atoms with van der Waals surface area (Å²) in [4.78, 5) is 11.3. The van der Waals surface area contributed by atoms with Gasteiger partial charge in [-0.2, -0.15) is 0 Å². The highest BCUT2D eigenvalue weighted by molar-refractivity contribution is 5.87. The lowest BCUT2D eigenvalue weighted by Gasteiger charge is -2.27. The quantitative estimate of drug-likeness (QED) is 0.676. The summed E-state index contributed by atoms with van der Waals surface area (Å²) < 4.78 is 4.67. The Hall–Kier alpha value is -2.39. The second-order valence-electron chi connectivity index (χ2n) is 6.15. The molecule has 1 unspecified atom stereocenters. The zero-order valence-corrected chi connectivity index (χ0v) is 14.0. The van der Waals surface area contributed by atoms with Gasteiger partial charge in [-0.15, -0.1) is 0 Å². The molecule has 3 heteroatoms. The molecule has 24 heavy (non-hydrogen) atoms. The molecule has 1 aliphatic rings. The predicted octanol–water partition coefficient (Wildman–Crippen LogP) is 3.52. The summed E-state index contributed by atoms with van der Waals surface area (Å²) in [6.07, 6.45) is 6.53. The molecule has 0 aliphatic heterocycles. The van der Waals surface area contributed by atoms with Crippen molar-refractivity contribution in [1.29, 1.82) is 0 Å². The fourth-order valence-electron chi connectivity index (χ4n) is 3.25. The van der Waals surface area contributed by atoms with Crippen LogP contribution in [-0.2, 0) is 28.9 Å². The second-order valence-corrected chi connectivity index (χ2v) is 6.15. The van der Waals surface area contributed by atoms with Gasteiger partial charge in [0, 0.05) is 18.7 Å². The molecule has 2 aromatic carbocycles. The highest BCUT2D eigenvalue weighted by Gasteiger charge is 2.19. The van der Waals surface area contributed by atoms with E-state index in [0.29, 0.717) is 6.04 Å². The van der Waals surface area contributed by atoms with Gasteiger partial charge >= 0.3 is 5.97 Å². The summed E-state index contributed by atoms with van der Waals surface area (Å²) in [5, 5.41) is 3.67. The summed E-state index contributed by atoms with van der Waals surface area (Å²) >= 11 is 0. The van der Waals surface area contributed by atoms with Crippen molar-refractivity contribution in [2.24, 2.45) is 0 Å². The van der Waals surface area contributed by atoms with E-state index in [4.69, 9.17) is 0 Å². The van der Waals surface area contributed by atoms with Gasteiger partial charge in [0.25, 0.3) is 0 Å².